The molecule has 0 spiro atoms. The van der Waals surface area contributed by atoms with Crippen LogP contribution in [0.25, 0.3) is 0 Å². The molecule has 0 aliphatic carbocycles. The van der Waals surface area contributed by atoms with Crippen LogP contribution in [-0.2, 0) is 6.54 Å². The van der Waals surface area contributed by atoms with E-state index < -0.39 is 0 Å². The average Bonchev–Trinajstić information content (AvgIpc) is 2.45. The van der Waals surface area contributed by atoms with Crippen LogP contribution in [-0.4, -0.2) is 36.1 Å². The van der Waals surface area contributed by atoms with Crippen LogP contribution in [0.15, 0.2) is 24.5 Å². The van der Waals surface area contributed by atoms with Crippen LogP contribution in [0.3, 0.4) is 0 Å². The van der Waals surface area contributed by atoms with Gasteiger partial charge < -0.3 is 10.2 Å². The molecule has 1 fully saturated rings. The zero-order valence-corrected chi connectivity index (χ0v) is 11.3. The van der Waals surface area contributed by atoms with E-state index >= 15 is 0 Å². The van der Waals surface area contributed by atoms with E-state index in [0.717, 1.165) is 13.1 Å². The van der Waals surface area contributed by atoms with E-state index in [4.69, 9.17) is 0 Å². The molecule has 3 nitrogen and oxygen atoms in total. The lowest BCUT2D eigenvalue weighted by Crippen LogP contribution is -2.30. The van der Waals surface area contributed by atoms with E-state index in [-0.39, 0.29) is 0 Å². The molecule has 1 saturated heterocycles. The van der Waals surface area contributed by atoms with Crippen molar-refractivity contribution in [2.75, 3.05) is 26.2 Å². The molecule has 1 aromatic rings. The molecule has 0 atom stereocenters. The fourth-order valence-electron chi connectivity index (χ4n) is 2.50. The molecular formula is C15H25N3. The molecule has 1 N–H and O–H groups in total. The lowest BCUT2D eigenvalue weighted by atomic mass is 10.1. The van der Waals surface area contributed by atoms with Crippen molar-refractivity contribution in [2.45, 2.75) is 38.6 Å². The summed E-state index contributed by atoms with van der Waals surface area (Å²) in [4.78, 5) is 6.64. The van der Waals surface area contributed by atoms with Crippen molar-refractivity contribution in [3.05, 3.63) is 30.1 Å². The molecule has 0 saturated carbocycles. The predicted molar refractivity (Wildman–Crippen MR) is 75.5 cm³/mol. The van der Waals surface area contributed by atoms with Crippen LogP contribution in [0.2, 0.25) is 0 Å². The zero-order valence-electron chi connectivity index (χ0n) is 11.3. The minimum Gasteiger partial charge on any atom is -0.313 e. The fourth-order valence-corrected chi connectivity index (χ4v) is 2.50. The Kier molecular flexibility index (Phi) is 6.17. The standard InChI is InChI=1S/C15H25N3/c1-3-11-18(12-4-1)13-5-2-8-17-14-15-6-9-16-10-7-15/h6-7,9-10,17H,1-5,8,11-14H2. The molecule has 1 aliphatic rings. The van der Waals surface area contributed by atoms with E-state index in [1.807, 2.05) is 12.4 Å². The van der Waals surface area contributed by atoms with Gasteiger partial charge in [-0.1, -0.05) is 6.42 Å². The van der Waals surface area contributed by atoms with E-state index in [1.54, 1.807) is 0 Å². The molecule has 100 valence electrons. The maximum Gasteiger partial charge on any atom is 0.0271 e. The molecule has 0 radical (unpaired) electrons. The number of pyridine rings is 1. The normalized spacial score (nSPS) is 16.9. The molecule has 0 amide bonds. The molecular weight excluding hydrogens is 222 g/mol. The van der Waals surface area contributed by atoms with Gasteiger partial charge in [0.2, 0.25) is 0 Å². The summed E-state index contributed by atoms with van der Waals surface area (Å²) in [6.45, 7) is 6.02. The molecule has 0 unspecified atom stereocenters. The smallest absolute Gasteiger partial charge is 0.0271 e. The number of aromatic nitrogens is 1. The van der Waals surface area contributed by atoms with Crippen LogP contribution in [0.5, 0.6) is 0 Å². The summed E-state index contributed by atoms with van der Waals surface area (Å²) >= 11 is 0. The van der Waals surface area contributed by atoms with Gasteiger partial charge in [0.05, 0.1) is 0 Å². The van der Waals surface area contributed by atoms with Gasteiger partial charge in [-0.3, -0.25) is 4.98 Å². The predicted octanol–water partition coefficient (Wildman–Crippen LogP) is 2.44. The third-order valence-corrected chi connectivity index (χ3v) is 3.61. The number of nitrogens with one attached hydrogen (secondary N) is 1. The third kappa shape index (κ3) is 5.15. The van der Waals surface area contributed by atoms with Gasteiger partial charge in [0, 0.05) is 18.9 Å². The Labute approximate surface area is 111 Å². The first-order valence-electron chi connectivity index (χ1n) is 7.27. The number of hydrogen-bond acceptors (Lipinski definition) is 3. The SMILES string of the molecule is c1cc(CNCCCCN2CCCCC2)ccn1. The summed E-state index contributed by atoms with van der Waals surface area (Å²) in [5, 5.41) is 3.49. The molecule has 18 heavy (non-hydrogen) atoms. The second-order valence-electron chi connectivity index (χ2n) is 5.14. The Bertz CT molecular complexity index is 307. The monoisotopic (exact) mass is 247 g/mol. The van der Waals surface area contributed by atoms with Crippen LogP contribution in [0.4, 0.5) is 0 Å². The van der Waals surface area contributed by atoms with Crippen molar-refractivity contribution in [3.63, 3.8) is 0 Å². The first kappa shape index (κ1) is 13.5. The molecule has 0 aromatic carbocycles. The van der Waals surface area contributed by atoms with Crippen molar-refractivity contribution in [1.82, 2.24) is 15.2 Å². The first-order valence-corrected chi connectivity index (χ1v) is 7.27. The molecule has 1 aromatic heterocycles. The summed E-state index contributed by atoms with van der Waals surface area (Å²) in [7, 11) is 0. The Morgan fingerprint density at radius 1 is 1.06 bits per heavy atom. The summed E-state index contributed by atoms with van der Waals surface area (Å²) in [6.07, 6.45) is 10.6. The number of rotatable bonds is 7. The third-order valence-electron chi connectivity index (χ3n) is 3.61. The summed E-state index contributed by atoms with van der Waals surface area (Å²) in [5.74, 6) is 0. The second kappa shape index (κ2) is 8.22. The van der Waals surface area contributed by atoms with E-state index in [9.17, 15) is 0 Å². The van der Waals surface area contributed by atoms with Crippen LogP contribution in [0, 0.1) is 0 Å². The lowest BCUT2D eigenvalue weighted by Gasteiger charge is -2.26. The quantitative estimate of drug-likeness (QED) is 0.750. The van der Waals surface area contributed by atoms with Crippen LogP contribution >= 0.6 is 0 Å². The van der Waals surface area contributed by atoms with Crippen molar-refractivity contribution in [3.8, 4) is 0 Å². The van der Waals surface area contributed by atoms with Gasteiger partial charge in [0.25, 0.3) is 0 Å². The van der Waals surface area contributed by atoms with Crippen molar-refractivity contribution >= 4 is 0 Å². The summed E-state index contributed by atoms with van der Waals surface area (Å²) in [5.41, 5.74) is 1.32. The molecule has 3 heteroatoms. The number of hydrogen-bond donors (Lipinski definition) is 1. The number of piperidine rings is 1. The Hall–Kier alpha value is -0.930. The highest BCUT2D eigenvalue weighted by Crippen LogP contribution is 2.09. The number of unbranched alkanes of at least 4 members (excludes halogenated alkanes) is 1. The van der Waals surface area contributed by atoms with Gasteiger partial charge in [-0.2, -0.15) is 0 Å². The molecule has 0 bridgehead atoms. The Morgan fingerprint density at radius 3 is 2.61 bits per heavy atom. The summed E-state index contributed by atoms with van der Waals surface area (Å²) in [6, 6.07) is 4.14. The maximum absolute atomic E-state index is 4.02. The second-order valence-corrected chi connectivity index (χ2v) is 5.14. The zero-order chi connectivity index (χ0) is 12.5. The highest BCUT2D eigenvalue weighted by molar-refractivity contribution is 5.08. The molecule has 1 aliphatic heterocycles. The Morgan fingerprint density at radius 2 is 1.83 bits per heavy atom. The fraction of sp³-hybridized carbons (Fsp3) is 0.667. The van der Waals surface area contributed by atoms with Crippen molar-refractivity contribution < 1.29 is 0 Å². The van der Waals surface area contributed by atoms with Gasteiger partial charge in [0.1, 0.15) is 0 Å². The average molecular weight is 247 g/mol. The van der Waals surface area contributed by atoms with E-state index in [2.05, 4.69) is 27.3 Å². The van der Waals surface area contributed by atoms with Gasteiger partial charge in [-0.25, -0.2) is 0 Å². The minimum absolute atomic E-state index is 0.965. The number of likely N-dealkylation sites (tertiary alicyclic amines) is 1. The van der Waals surface area contributed by atoms with E-state index in [1.165, 1.54) is 57.3 Å². The van der Waals surface area contributed by atoms with E-state index in [0.29, 0.717) is 0 Å². The maximum atomic E-state index is 4.02. The first-order chi connectivity index (χ1) is 8.95. The number of nitrogens with zero attached hydrogens (tertiary/aromatic N) is 2. The van der Waals surface area contributed by atoms with Gasteiger partial charge in [-0.15, -0.1) is 0 Å². The van der Waals surface area contributed by atoms with Crippen LogP contribution < -0.4 is 5.32 Å². The lowest BCUT2D eigenvalue weighted by molar-refractivity contribution is 0.224. The van der Waals surface area contributed by atoms with Crippen LogP contribution in [0.1, 0.15) is 37.7 Å². The van der Waals surface area contributed by atoms with Gasteiger partial charge in [0.15, 0.2) is 0 Å². The largest absolute Gasteiger partial charge is 0.313 e. The topological polar surface area (TPSA) is 28.2 Å². The Balaban J connectivity index is 1.46. The molecule has 2 rings (SSSR count). The highest BCUT2D eigenvalue weighted by atomic mass is 15.1. The van der Waals surface area contributed by atoms with Crippen molar-refractivity contribution in [2.24, 2.45) is 0 Å². The molecule has 2 heterocycles. The van der Waals surface area contributed by atoms with Gasteiger partial charge >= 0.3 is 0 Å². The highest BCUT2D eigenvalue weighted by Gasteiger charge is 2.08. The summed E-state index contributed by atoms with van der Waals surface area (Å²) < 4.78 is 0. The van der Waals surface area contributed by atoms with Crippen molar-refractivity contribution in [1.29, 1.82) is 0 Å². The van der Waals surface area contributed by atoms with Gasteiger partial charge in [-0.05, 0) is 69.6 Å². The minimum atomic E-state index is 0.965.